The fraction of sp³-hybridized carbons (Fsp3) is 0.409. The molecule has 2 aliphatic rings. The number of aromatic nitrogens is 4. The second kappa shape index (κ2) is 8.05. The molecule has 9 nitrogen and oxygen atoms in total. The summed E-state index contributed by atoms with van der Waals surface area (Å²) in [7, 11) is 1.60. The molecule has 3 aromatic heterocycles. The molecule has 1 saturated carbocycles. The number of alkyl halides is 3. The second-order valence-corrected chi connectivity index (χ2v) is 8.64. The second-order valence-electron chi connectivity index (χ2n) is 8.64. The molecular formula is C22H21F3N6O3. The fourth-order valence-electron chi connectivity index (χ4n) is 4.15. The maximum Gasteiger partial charge on any atom is 0.391 e. The van der Waals surface area contributed by atoms with Gasteiger partial charge in [0.25, 0.3) is 5.91 Å². The van der Waals surface area contributed by atoms with E-state index in [4.69, 9.17) is 4.52 Å². The molecule has 4 heterocycles. The Balaban J connectivity index is 1.33. The Morgan fingerprint density at radius 2 is 1.85 bits per heavy atom. The lowest BCUT2D eigenvalue weighted by molar-refractivity contribution is -0.195. The van der Waals surface area contributed by atoms with Crippen LogP contribution in [0.2, 0.25) is 0 Å². The molecule has 1 amide bonds. The molecule has 1 aliphatic heterocycles. The molecule has 12 heteroatoms. The Hall–Kier alpha value is -3.54. The summed E-state index contributed by atoms with van der Waals surface area (Å²) in [6.45, 7) is 0.404. The number of hydrogen-bond donors (Lipinski definition) is 2. The van der Waals surface area contributed by atoms with E-state index in [-0.39, 0.29) is 37.0 Å². The minimum atomic E-state index is -4.18. The molecule has 2 fully saturated rings. The lowest BCUT2D eigenvalue weighted by Crippen LogP contribution is -2.43. The Morgan fingerprint density at radius 1 is 1.15 bits per heavy atom. The van der Waals surface area contributed by atoms with E-state index in [0.717, 1.165) is 0 Å². The van der Waals surface area contributed by atoms with Gasteiger partial charge in [-0.2, -0.15) is 13.2 Å². The van der Waals surface area contributed by atoms with Crippen LogP contribution in [0.25, 0.3) is 22.8 Å². The predicted molar refractivity (Wildman–Crippen MR) is 113 cm³/mol. The van der Waals surface area contributed by atoms with Crippen LogP contribution < -0.4 is 5.32 Å². The highest BCUT2D eigenvalue weighted by molar-refractivity contribution is 5.87. The van der Waals surface area contributed by atoms with Crippen molar-refractivity contribution in [1.29, 1.82) is 0 Å². The van der Waals surface area contributed by atoms with Gasteiger partial charge in [0.1, 0.15) is 5.69 Å². The summed E-state index contributed by atoms with van der Waals surface area (Å²) < 4.78 is 43.4. The molecule has 0 spiro atoms. The van der Waals surface area contributed by atoms with Crippen molar-refractivity contribution in [1.82, 2.24) is 25.0 Å². The number of anilines is 1. The van der Waals surface area contributed by atoms with E-state index in [1.54, 1.807) is 31.3 Å². The van der Waals surface area contributed by atoms with Crippen LogP contribution in [0.3, 0.4) is 0 Å². The molecule has 3 aromatic rings. The highest BCUT2D eigenvalue weighted by Crippen LogP contribution is 2.42. The molecule has 178 valence electrons. The van der Waals surface area contributed by atoms with Gasteiger partial charge in [0.2, 0.25) is 11.5 Å². The summed E-state index contributed by atoms with van der Waals surface area (Å²) in [6, 6.07) is 7.96. The highest BCUT2D eigenvalue weighted by Gasteiger charge is 2.49. The number of amides is 1. The first-order valence-corrected chi connectivity index (χ1v) is 10.7. The highest BCUT2D eigenvalue weighted by atomic mass is 19.4. The van der Waals surface area contributed by atoms with Gasteiger partial charge in [-0.15, -0.1) is 0 Å². The van der Waals surface area contributed by atoms with Gasteiger partial charge in [-0.1, -0.05) is 11.2 Å². The number of nitrogens with one attached hydrogen (secondary N) is 1. The van der Waals surface area contributed by atoms with Crippen LogP contribution in [0.5, 0.6) is 0 Å². The first kappa shape index (κ1) is 22.3. The number of pyridine rings is 1. The van der Waals surface area contributed by atoms with E-state index in [0.29, 0.717) is 29.3 Å². The fourth-order valence-corrected chi connectivity index (χ4v) is 4.15. The molecular weight excluding hydrogens is 453 g/mol. The number of aliphatic hydroxyl groups is 1. The van der Waals surface area contributed by atoms with Crippen molar-refractivity contribution in [3.63, 3.8) is 0 Å². The normalized spacial score (nSPS) is 24.9. The van der Waals surface area contributed by atoms with Gasteiger partial charge in [-0.3, -0.25) is 4.79 Å². The van der Waals surface area contributed by atoms with Crippen LogP contribution >= 0.6 is 0 Å². The summed E-state index contributed by atoms with van der Waals surface area (Å²) in [5.74, 6) is -1.47. The van der Waals surface area contributed by atoms with E-state index in [1.165, 1.54) is 17.2 Å². The zero-order chi connectivity index (χ0) is 24.1. The van der Waals surface area contributed by atoms with E-state index >= 15 is 0 Å². The average Bonchev–Trinajstić information content (AvgIpc) is 3.38. The number of carbonyl (C=O) groups excluding carboxylic acids is 1. The lowest BCUT2D eigenvalue weighted by atomic mass is 9.80. The molecule has 1 aliphatic carbocycles. The maximum absolute atomic E-state index is 12.7. The van der Waals surface area contributed by atoms with Gasteiger partial charge in [0.05, 0.1) is 23.0 Å². The van der Waals surface area contributed by atoms with Crippen molar-refractivity contribution >= 4 is 11.9 Å². The van der Waals surface area contributed by atoms with Crippen LogP contribution in [-0.2, 0) is 10.4 Å². The Labute approximate surface area is 192 Å². The van der Waals surface area contributed by atoms with Crippen molar-refractivity contribution in [2.45, 2.75) is 37.1 Å². The molecule has 0 aromatic carbocycles. The van der Waals surface area contributed by atoms with Crippen LogP contribution in [-0.4, -0.2) is 61.8 Å². The molecule has 1 saturated heterocycles. The van der Waals surface area contributed by atoms with Crippen molar-refractivity contribution in [2.75, 3.05) is 18.9 Å². The third kappa shape index (κ3) is 3.98. The minimum Gasteiger partial charge on any atom is -0.373 e. The quantitative estimate of drug-likeness (QED) is 0.580. The van der Waals surface area contributed by atoms with Crippen LogP contribution in [0, 0.1) is 5.92 Å². The SMILES string of the molecule is CN1CC[C@@](O)(c2cc(-c3cccc(-c4ccnc(NC5CC(C(F)(F)F)C5)n4)n3)no2)C1=O. The molecule has 5 rings (SSSR count). The zero-order valence-electron chi connectivity index (χ0n) is 18.1. The number of likely N-dealkylation sites (tertiary alicyclic amines) is 1. The summed E-state index contributed by atoms with van der Waals surface area (Å²) in [5.41, 5.74) is -0.00863. The summed E-state index contributed by atoms with van der Waals surface area (Å²) in [6.07, 6.45) is -2.49. The first-order valence-electron chi connectivity index (χ1n) is 10.7. The number of halogens is 3. The van der Waals surface area contributed by atoms with Gasteiger partial charge in [-0.25, -0.2) is 15.0 Å². The lowest BCUT2D eigenvalue weighted by Gasteiger charge is -2.36. The monoisotopic (exact) mass is 474 g/mol. The van der Waals surface area contributed by atoms with Gasteiger partial charge >= 0.3 is 6.18 Å². The first-order chi connectivity index (χ1) is 16.1. The molecule has 0 radical (unpaired) electrons. The Bertz CT molecular complexity index is 1230. The van der Waals surface area contributed by atoms with Crippen LogP contribution in [0.4, 0.5) is 19.1 Å². The Kier molecular flexibility index (Phi) is 5.27. The molecule has 34 heavy (non-hydrogen) atoms. The topological polar surface area (TPSA) is 117 Å². The number of hydrogen-bond acceptors (Lipinski definition) is 8. The van der Waals surface area contributed by atoms with Crippen molar-refractivity contribution in [3.05, 3.63) is 42.3 Å². The summed E-state index contributed by atoms with van der Waals surface area (Å²) >= 11 is 0. The molecule has 0 bridgehead atoms. The molecule has 2 N–H and O–H groups in total. The zero-order valence-corrected chi connectivity index (χ0v) is 18.1. The maximum atomic E-state index is 12.7. The number of carbonyl (C=O) groups is 1. The van der Waals surface area contributed by atoms with Gasteiger partial charge in [0.15, 0.2) is 5.76 Å². The third-order valence-electron chi connectivity index (χ3n) is 6.29. The molecule has 0 unspecified atom stereocenters. The minimum absolute atomic E-state index is 0.00996. The average molecular weight is 474 g/mol. The van der Waals surface area contributed by atoms with Crippen molar-refractivity contribution in [2.24, 2.45) is 5.92 Å². The number of nitrogens with zero attached hydrogens (tertiary/aromatic N) is 5. The van der Waals surface area contributed by atoms with Crippen LogP contribution in [0.15, 0.2) is 41.1 Å². The number of likely N-dealkylation sites (N-methyl/N-ethyl adjacent to an activating group) is 1. The largest absolute Gasteiger partial charge is 0.391 e. The predicted octanol–water partition coefficient (Wildman–Crippen LogP) is 3.00. The standard InChI is InChI=1S/C22H21F3N6O3/c1-31-8-6-21(33,19(31)32)18-11-17(30-34-18)15-4-2-3-14(28-15)16-5-7-26-20(29-16)27-13-9-12(10-13)22(23,24)25/h2-5,7,11-13,33H,6,8-10H2,1H3,(H,26,27,29)/t12?,13?,21-/m1/s1. The van der Waals surface area contributed by atoms with E-state index in [1.807, 2.05) is 0 Å². The van der Waals surface area contributed by atoms with E-state index in [9.17, 15) is 23.1 Å². The third-order valence-corrected chi connectivity index (χ3v) is 6.29. The van der Waals surface area contributed by atoms with E-state index in [2.05, 4.69) is 25.4 Å². The summed E-state index contributed by atoms with van der Waals surface area (Å²) in [4.78, 5) is 26.8. The Morgan fingerprint density at radius 3 is 2.53 bits per heavy atom. The van der Waals surface area contributed by atoms with Crippen LogP contribution in [0.1, 0.15) is 25.0 Å². The summed E-state index contributed by atoms with van der Waals surface area (Å²) in [5, 5.41) is 17.7. The van der Waals surface area contributed by atoms with E-state index < -0.39 is 23.6 Å². The van der Waals surface area contributed by atoms with Gasteiger partial charge in [-0.05, 0) is 31.0 Å². The van der Waals surface area contributed by atoms with Gasteiger partial charge < -0.3 is 19.8 Å². The smallest absolute Gasteiger partial charge is 0.373 e. The van der Waals surface area contributed by atoms with Gasteiger partial charge in [0, 0.05) is 38.3 Å². The number of rotatable bonds is 5. The molecule has 1 atom stereocenters. The van der Waals surface area contributed by atoms with Crippen molar-refractivity contribution in [3.8, 4) is 22.8 Å². The van der Waals surface area contributed by atoms with Crippen molar-refractivity contribution < 1.29 is 27.6 Å².